The second-order valence-corrected chi connectivity index (χ2v) is 6.18. The number of nitrogens with one attached hydrogen (secondary N) is 3. The molecule has 0 radical (unpaired) electrons. The highest BCUT2D eigenvalue weighted by Gasteiger charge is 2.50. The molecular formula is C18H20FN3O2. The molecule has 24 heavy (non-hydrogen) atoms. The van der Waals surface area contributed by atoms with Gasteiger partial charge in [0.05, 0.1) is 11.3 Å². The molecule has 0 spiro atoms. The second kappa shape index (κ2) is 6.47. The van der Waals surface area contributed by atoms with E-state index in [0.29, 0.717) is 5.56 Å². The van der Waals surface area contributed by atoms with Gasteiger partial charge in [-0.3, -0.25) is 9.59 Å². The third kappa shape index (κ3) is 3.48. The minimum atomic E-state index is -1.69. The van der Waals surface area contributed by atoms with Gasteiger partial charge in [-0.25, -0.2) is 4.39 Å². The molecule has 1 aliphatic carbocycles. The predicted octanol–water partition coefficient (Wildman–Crippen LogP) is 2.42. The molecule has 3 rings (SSSR count). The van der Waals surface area contributed by atoms with Crippen molar-refractivity contribution >= 4 is 11.8 Å². The van der Waals surface area contributed by atoms with Crippen molar-refractivity contribution in [2.75, 3.05) is 6.54 Å². The number of hydrogen-bond acceptors (Lipinski definition) is 2. The molecule has 5 nitrogen and oxygen atoms in total. The molecule has 1 heterocycles. The molecule has 6 heteroatoms. The van der Waals surface area contributed by atoms with Gasteiger partial charge in [-0.2, -0.15) is 0 Å². The van der Waals surface area contributed by atoms with Crippen LogP contribution in [-0.4, -0.2) is 35.1 Å². The van der Waals surface area contributed by atoms with Gasteiger partial charge < -0.3 is 15.6 Å². The quantitative estimate of drug-likeness (QED) is 0.761. The predicted molar refractivity (Wildman–Crippen MR) is 89.2 cm³/mol. The molecule has 2 aromatic rings. The van der Waals surface area contributed by atoms with E-state index in [9.17, 15) is 14.0 Å². The number of aromatic nitrogens is 1. The van der Waals surface area contributed by atoms with Crippen molar-refractivity contribution < 1.29 is 14.0 Å². The number of alkyl halides is 1. The Bertz CT molecular complexity index is 738. The highest BCUT2D eigenvalue weighted by molar-refractivity contribution is 6.00. The normalized spacial score (nSPS) is 16.2. The van der Waals surface area contributed by atoms with Gasteiger partial charge in [0.1, 0.15) is 0 Å². The number of carbonyl (C=O) groups is 2. The smallest absolute Gasteiger partial charge is 0.257 e. The Balaban J connectivity index is 1.59. The van der Waals surface area contributed by atoms with Crippen LogP contribution in [0.3, 0.4) is 0 Å². The molecule has 1 aromatic carbocycles. The zero-order valence-electron chi connectivity index (χ0n) is 13.4. The van der Waals surface area contributed by atoms with Crippen LogP contribution in [0.25, 0.3) is 11.3 Å². The molecule has 1 aliphatic rings. The Hall–Kier alpha value is -2.63. The molecule has 126 valence electrons. The Morgan fingerprint density at radius 1 is 1.25 bits per heavy atom. The Kier molecular flexibility index (Phi) is 4.38. The maximum Gasteiger partial charge on any atom is 0.257 e. The van der Waals surface area contributed by atoms with Crippen molar-refractivity contribution in [1.29, 1.82) is 0 Å². The van der Waals surface area contributed by atoms with Crippen LogP contribution in [0.15, 0.2) is 42.6 Å². The summed E-state index contributed by atoms with van der Waals surface area (Å²) in [5.74, 6) is -0.826. The van der Waals surface area contributed by atoms with Gasteiger partial charge in [0.2, 0.25) is 0 Å². The van der Waals surface area contributed by atoms with Gasteiger partial charge >= 0.3 is 0 Å². The Labute approximate surface area is 139 Å². The van der Waals surface area contributed by atoms with Crippen molar-refractivity contribution in [3.63, 3.8) is 0 Å². The van der Waals surface area contributed by atoms with E-state index in [0.717, 1.165) is 11.3 Å². The van der Waals surface area contributed by atoms with E-state index in [-0.39, 0.29) is 31.3 Å². The molecule has 0 aliphatic heterocycles. The maximum atomic E-state index is 13.6. The van der Waals surface area contributed by atoms with Gasteiger partial charge in [0.15, 0.2) is 5.67 Å². The summed E-state index contributed by atoms with van der Waals surface area (Å²) in [6.45, 7) is 1.96. The lowest BCUT2D eigenvalue weighted by Gasteiger charge is -2.16. The van der Waals surface area contributed by atoms with Crippen LogP contribution in [0, 0.1) is 0 Å². The van der Waals surface area contributed by atoms with E-state index >= 15 is 0 Å². The van der Waals surface area contributed by atoms with Gasteiger partial charge in [0, 0.05) is 18.8 Å². The van der Waals surface area contributed by atoms with Crippen LogP contribution < -0.4 is 10.6 Å². The SMILES string of the molecule is C[C@H](CNC(=O)C1(F)CC1)NC(=O)c1cc[nH]c1-c1ccccc1. The number of hydrogen-bond donors (Lipinski definition) is 3. The maximum absolute atomic E-state index is 13.6. The second-order valence-electron chi connectivity index (χ2n) is 6.18. The average molecular weight is 329 g/mol. The summed E-state index contributed by atoms with van der Waals surface area (Å²) in [5.41, 5.74) is 0.500. The number of halogens is 1. The first-order chi connectivity index (χ1) is 11.5. The van der Waals surface area contributed by atoms with Gasteiger partial charge in [-0.1, -0.05) is 30.3 Å². The minimum absolute atomic E-state index is 0.196. The third-order valence-electron chi connectivity index (χ3n) is 4.10. The first-order valence-corrected chi connectivity index (χ1v) is 8.00. The number of aromatic amines is 1. The van der Waals surface area contributed by atoms with Crippen molar-refractivity contribution in [3.8, 4) is 11.3 Å². The number of carbonyl (C=O) groups excluding carboxylic acids is 2. The van der Waals surface area contributed by atoms with E-state index in [1.807, 2.05) is 30.3 Å². The van der Waals surface area contributed by atoms with E-state index in [4.69, 9.17) is 0 Å². The molecular weight excluding hydrogens is 309 g/mol. The molecule has 3 N–H and O–H groups in total. The molecule has 0 unspecified atom stereocenters. The third-order valence-corrected chi connectivity index (χ3v) is 4.10. The molecule has 1 fully saturated rings. The summed E-state index contributed by atoms with van der Waals surface area (Å²) in [4.78, 5) is 27.1. The topological polar surface area (TPSA) is 74.0 Å². The summed E-state index contributed by atoms with van der Waals surface area (Å²) >= 11 is 0. The van der Waals surface area contributed by atoms with E-state index < -0.39 is 11.6 Å². The van der Waals surface area contributed by atoms with Gasteiger partial charge in [0.25, 0.3) is 11.8 Å². The standard InChI is InChI=1S/C18H20FN3O2/c1-12(11-21-17(24)18(19)8-9-18)22-16(23)14-7-10-20-15(14)13-5-3-2-4-6-13/h2-7,10,12,20H,8-9,11H2,1H3,(H,21,24)(H,22,23)/t12-/m1/s1. The molecule has 1 atom stereocenters. The zero-order valence-corrected chi connectivity index (χ0v) is 13.4. The largest absolute Gasteiger partial charge is 0.361 e. The van der Waals surface area contributed by atoms with E-state index in [1.54, 1.807) is 19.2 Å². The molecule has 0 saturated heterocycles. The molecule has 0 bridgehead atoms. The van der Waals surface area contributed by atoms with Crippen LogP contribution in [0.4, 0.5) is 4.39 Å². The average Bonchev–Trinajstić information content (AvgIpc) is 3.14. The Morgan fingerprint density at radius 2 is 1.96 bits per heavy atom. The van der Waals surface area contributed by atoms with E-state index in [1.165, 1.54) is 0 Å². The number of amides is 2. The lowest BCUT2D eigenvalue weighted by Crippen LogP contribution is -2.44. The summed E-state index contributed by atoms with van der Waals surface area (Å²) < 4.78 is 13.6. The minimum Gasteiger partial charge on any atom is -0.361 e. The van der Waals surface area contributed by atoms with Crippen molar-refractivity contribution in [2.24, 2.45) is 0 Å². The highest BCUT2D eigenvalue weighted by atomic mass is 19.1. The number of benzene rings is 1. The van der Waals surface area contributed by atoms with Crippen molar-refractivity contribution in [2.45, 2.75) is 31.5 Å². The summed E-state index contributed by atoms with van der Waals surface area (Å²) in [6, 6.07) is 11.0. The van der Waals surface area contributed by atoms with Gasteiger partial charge in [-0.05, 0) is 31.4 Å². The van der Waals surface area contributed by atoms with Crippen LogP contribution in [-0.2, 0) is 4.79 Å². The first kappa shape index (κ1) is 16.2. The highest BCUT2D eigenvalue weighted by Crippen LogP contribution is 2.39. The number of rotatable bonds is 6. The van der Waals surface area contributed by atoms with Crippen LogP contribution in [0.1, 0.15) is 30.1 Å². The fourth-order valence-corrected chi connectivity index (χ4v) is 2.50. The van der Waals surface area contributed by atoms with Crippen molar-refractivity contribution in [1.82, 2.24) is 15.6 Å². The Morgan fingerprint density at radius 3 is 2.62 bits per heavy atom. The summed E-state index contributed by atoms with van der Waals surface area (Å²) in [5, 5.41) is 5.37. The van der Waals surface area contributed by atoms with Gasteiger partial charge in [-0.15, -0.1) is 0 Å². The fourth-order valence-electron chi connectivity index (χ4n) is 2.50. The van der Waals surface area contributed by atoms with Crippen LogP contribution in [0.2, 0.25) is 0 Å². The van der Waals surface area contributed by atoms with E-state index in [2.05, 4.69) is 15.6 Å². The fraction of sp³-hybridized carbons (Fsp3) is 0.333. The summed E-state index contributed by atoms with van der Waals surface area (Å²) in [6.07, 6.45) is 2.27. The summed E-state index contributed by atoms with van der Waals surface area (Å²) in [7, 11) is 0. The molecule has 1 aromatic heterocycles. The lowest BCUT2D eigenvalue weighted by atomic mass is 10.1. The van der Waals surface area contributed by atoms with Crippen LogP contribution >= 0.6 is 0 Å². The van der Waals surface area contributed by atoms with Crippen molar-refractivity contribution in [3.05, 3.63) is 48.2 Å². The molecule has 1 saturated carbocycles. The molecule has 2 amide bonds. The monoisotopic (exact) mass is 329 g/mol. The van der Waals surface area contributed by atoms with Crippen LogP contribution in [0.5, 0.6) is 0 Å². The zero-order chi connectivity index (χ0) is 17.2. The lowest BCUT2D eigenvalue weighted by molar-refractivity contribution is -0.127. The number of H-pyrrole nitrogens is 1. The first-order valence-electron chi connectivity index (χ1n) is 8.00.